The number of sulfonamides is 1. The highest BCUT2D eigenvalue weighted by atomic mass is 32.2. The molecule has 0 bridgehead atoms. The minimum atomic E-state index is -4.09. The molecular weight excluding hydrogens is 530 g/mol. The lowest BCUT2D eigenvalue weighted by molar-refractivity contribution is -0.139. The SMILES string of the molecule is CSc1ccc(S(=O)(=O)N(CC(=O)N(Cc2ccc(C)cc2)[C@H](C)C(=O)NC(C)C)c2ccc(C)cc2)cc1. The average molecular weight is 568 g/mol. The van der Waals surface area contributed by atoms with Crippen LogP contribution in [0.5, 0.6) is 0 Å². The monoisotopic (exact) mass is 567 g/mol. The molecule has 0 radical (unpaired) electrons. The fraction of sp³-hybridized carbons (Fsp3) is 0.333. The second kappa shape index (κ2) is 13.2. The predicted molar refractivity (Wildman–Crippen MR) is 158 cm³/mol. The number of benzene rings is 3. The third kappa shape index (κ3) is 7.86. The van der Waals surface area contributed by atoms with Gasteiger partial charge in [0.1, 0.15) is 12.6 Å². The van der Waals surface area contributed by atoms with Crippen LogP contribution in [0.4, 0.5) is 5.69 Å². The van der Waals surface area contributed by atoms with Crippen molar-refractivity contribution in [2.75, 3.05) is 17.1 Å². The van der Waals surface area contributed by atoms with E-state index < -0.39 is 28.5 Å². The van der Waals surface area contributed by atoms with Gasteiger partial charge in [0.05, 0.1) is 10.6 Å². The molecule has 2 amide bonds. The molecule has 3 aromatic rings. The van der Waals surface area contributed by atoms with Gasteiger partial charge in [-0.25, -0.2) is 8.42 Å². The lowest BCUT2D eigenvalue weighted by Crippen LogP contribution is -2.52. The number of amides is 2. The minimum absolute atomic E-state index is 0.0874. The summed E-state index contributed by atoms with van der Waals surface area (Å²) >= 11 is 1.51. The summed E-state index contributed by atoms with van der Waals surface area (Å²) in [6.07, 6.45) is 1.92. The highest BCUT2D eigenvalue weighted by Gasteiger charge is 2.32. The maximum atomic E-state index is 13.9. The molecule has 1 atom stereocenters. The number of nitrogens with one attached hydrogen (secondary N) is 1. The van der Waals surface area contributed by atoms with E-state index in [-0.39, 0.29) is 23.4 Å². The maximum Gasteiger partial charge on any atom is 0.264 e. The molecule has 208 valence electrons. The molecule has 7 nitrogen and oxygen atoms in total. The Morgan fingerprint density at radius 3 is 1.90 bits per heavy atom. The molecule has 0 aliphatic rings. The molecule has 1 N–H and O–H groups in total. The van der Waals surface area contributed by atoms with E-state index >= 15 is 0 Å². The number of carbonyl (C=O) groups excluding carboxylic acids is 2. The Bertz CT molecular complexity index is 1370. The van der Waals surface area contributed by atoms with Crippen LogP contribution in [0, 0.1) is 13.8 Å². The summed E-state index contributed by atoms with van der Waals surface area (Å²) in [6.45, 7) is 8.96. The summed E-state index contributed by atoms with van der Waals surface area (Å²) in [5.74, 6) is -0.783. The lowest BCUT2D eigenvalue weighted by Gasteiger charge is -2.32. The Morgan fingerprint density at radius 1 is 0.846 bits per heavy atom. The van der Waals surface area contributed by atoms with Gasteiger partial charge < -0.3 is 10.2 Å². The fourth-order valence-corrected chi connectivity index (χ4v) is 5.82. The molecule has 0 aromatic heterocycles. The van der Waals surface area contributed by atoms with Crippen LogP contribution in [0.1, 0.15) is 37.5 Å². The molecule has 0 aliphatic carbocycles. The molecule has 0 heterocycles. The van der Waals surface area contributed by atoms with Crippen LogP contribution in [-0.4, -0.2) is 50.0 Å². The molecule has 0 saturated carbocycles. The van der Waals surface area contributed by atoms with Crippen LogP contribution in [0.25, 0.3) is 0 Å². The van der Waals surface area contributed by atoms with E-state index in [4.69, 9.17) is 0 Å². The quantitative estimate of drug-likeness (QED) is 0.324. The van der Waals surface area contributed by atoms with Crippen molar-refractivity contribution in [3.63, 3.8) is 0 Å². The minimum Gasteiger partial charge on any atom is -0.352 e. The summed E-state index contributed by atoms with van der Waals surface area (Å²) in [7, 11) is -4.09. The van der Waals surface area contributed by atoms with Crippen molar-refractivity contribution >= 4 is 39.3 Å². The standard InChI is InChI=1S/C30H37N3O4S2/c1-21(2)31-30(35)24(5)32(19-25-11-7-22(3)8-12-25)29(34)20-33(26-13-9-23(4)10-14-26)39(36,37)28-17-15-27(38-6)16-18-28/h7-18,21,24H,19-20H2,1-6H3,(H,31,35)/t24-/m1/s1. The van der Waals surface area contributed by atoms with Crippen molar-refractivity contribution in [2.24, 2.45) is 0 Å². The van der Waals surface area contributed by atoms with Crippen LogP contribution in [0.2, 0.25) is 0 Å². The molecule has 9 heteroatoms. The number of aryl methyl sites for hydroxylation is 2. The van der Waals surface area contributed by atoms with E-state index in [0.29, 0.717) is 5.69 Å². The molecule has 0 fully saturated rings. The number of carbonyl (C=O) groups is 2. The van der Waals surface area contributed by atoms with Gasteiger partial charge in [-0.3, -0.25) is 13.9 Å². The van der Waals surface area contributed by atoms with Crippen molar-refractivity contribution < 1.29 is 18.0 Å². The summed E-state index contributed by atoms with van der Waals surface area (Å²) in [6, 6.07) is 20.4. The largest absolute Gasteiger partial charge is 0.352 e. The summed E-state index contributed by atoms with van der Waals surface area (Å²) in [5, 5.41) is 2.86. The number of nitrogens with zero attached hydrogens (tertiary/aromatic N) is 2. The zero-order chi connectivity index (χ0) is 28.7. The van der Waals surface area contributed by atoms with Gasteiger partial charge in [0, 0.05) is 17.5 Å². The Hall–Kier alpha value is -3.30. The highest BCUT2D eigenvalue weighted by molar-refractivity contribution is 7.98. The number of thioether (sulfide) groups is 1. The summed E-state index contributed by atoms with van der Waals surface area (Å²) in [5.41, 5.74) is 3.26. The number of rotatable bonds is 11. The normalized spacial score (nSPS) is 12.2. The molecule has 0 unspecified atom stereocenters. The zero-order valence-corrected chi connectivity index (χ0v) is 25.0. The maximum absolute atomic E-state index is 13.9. The van der Waals surface area contributed by atoms with Crippen molar-refractivity contribution in [3.05, 3.63) is 89.5 Å². The first kappa shape index (κ1) is 30.2. The molecule has 3 aromatic carbocycles. The number of hydrogen-bond donors (Lipinski definition) is 1. The van der Waals surface area contributed by atoms with Gasteiger partial charge in [0.15, 0.2) is 0 Å². The van der Waals surface area contributed by atoms with Crippen molar-refractivity contribution in [1.82, 2.24) is 10.2 Å². The second-order valence-corrected chi connectivity index (χ2v) is 12.6. The average Bonchev–Trinajstić information content (AvgIpc) is 2.91. The number of hydrogen-bond acceptors (Lipinski definition) is 5. The summed E-state index contributed by atoms with van der Waals surface area (Å²) in [4.78, 5) is 29.3. The lowest BCUT2D eigenvalue weighted by atomic mass is 10.1. The van der Waals surface area contributed by atoms with Gasteiger partial charge in [-0.1, -0.05) is 47.5 Å². The Labute approximate surface area is 236 Å². The van der Waals surface area contributed by atoms with Crippen LogP contribution in [-0.2, 0) is 26.2 Å². The topological polar surface area (TPSA) is 86.8 Å². The van der Waals surface area contributed by atoms with E-state index in [1.54, 1.807) is 43.3 Å². The molecule has 3 rings (SSSR count). The molecular formula is C30H37N3O4S2. The second-order valence-electron chi connectivity index (χ2n) is 9.87. The van der Waals surface area contributed by atoms with Crippen molar-refractivity contribution in [1.29, 1.82) is 0 Å². The van der Waals surface area contributed by atoms with E-state index in [2.05, 4.69) is 5.32 Å². The van der Waals surface area contributed by atoms with E-state index in [1.807, 2.05) is 70.3 Å². The zero-order valence-electron chi connectivity index (χ0n) is 23.3. The third-order valence-corrected chi connectivity index (χ3v) is 8.85. The smallest absolute Gasteiger partial charge is 0.264 e. The van der Waals surface area contributed by atoms with E-state index in [1.165, 1.54) is 16.7 Å². The molecule has 0 saturated heterocycles. The van der Waals surface area contributed by atoms with Crippen LogP contribution in [0.3, 0.4) is 0 Å². The molecule has 0 aliphatic heterocycles. The van der Waals surface area contributed by atoms with E-state index in [9.17, 15) is 18.0 Å². The first-order valence-corrected chi connectivity index (χ1v) is 15.5. The van der Waals surface area contributed by atoms with Gasteiger partial charge in [-0.15, -0.1) is 11.8 Å². The van der Waals surface area contributed by atoms with Gasteiger partial charge in [0.2, 0.25) is 11.8 Å². The van der Waals surface area contributed by atoms with Gasteiger partial charge >= 0.3 is 0 Å². The fourth-order valence-electron chi connectivity index (χ4n) is 3.99. The first-order valence-electron chi connectivity index (χ1n) is 12.8. The third-order valence-electron chi connectivity index (χ3n) is 6.32. The predicted octanol–water partition coefficient (Wildman–Crippen LogP) is 5.16. The van der Waals surface area contributed by atoms with Crippen LogP contribution in [0.15, 0.2) is 82.6 Å². The number of anilines is 1. The molecule has 39 heavy (non-hydrogen) atoms. The molecule has 0 spiro atoms. The highest BCUT2D eigenvalue weighted by Crippen LogP contribution is 2.26. The van der Waals surface area contributed by atoms with Gasteiger partial charge in [-0.2, -0.15) is 0 Å². The van der Waals surface area contributed by atoms with Crippen molar-refractivity contribution in [3.8, 4) is 0 Å². The van der Waals surface area contributed by atoms with Gasteiger partial charge in [-0.05, 0) is 82.8 Å². The Kier molecular flexibility index (Phi) is 10.2. The summed E-state index contributed by atoms with van der Waals surface area (Å²) < 4.78 is 28.9. The van der Waals surface area contributed by atoms with Crippen LogP contribution >= 0.6 is 11.8 Å². The first-order chi connectivity index (χ1) is 18.4. The van der Waals surface area contributed by atoms with Crippen molar-refractivity contribution in [2.45, 2.75) is 63.0 Å². The van der Waals surface area contributed by atoms with E-state index in [0.717, 1.165) is 25.9 Å². The van der Waals surface area contributed by atoms with Crippen LogP contribution < -0.4 is 9.62 Å². The Balaban J connectivity index is 2.02. The van der Waals surface area contributed by atoms with Gasteiger partial charge in [0.25, 0.3) is 10.0 Å². The Morgan fingerprint density at radius 2 is 1.38 bits per heavy atom.